The van der Waals surface area contributed by atoms with Crippen LogP contribution < -0.4 is 5.32 Å². The van der Waals surface area contributed by atoms with Crippen molar-refractivity contribution in [1.29, 1.82) is 0 Å². The van der Waals surface area contributed by atoms with E-state index in [4.69, 9.17) is 5.11 Å². The van der Waals surface area contributed by atoms with Crippen molar-refractivity contribution >= 4 is 17.7 Å². The predicted octanol–water partition coefficient (Wildman–Crippen LogP) is 2.97. The van der Waals surface area contributed by atoms with Crippen molar-refractivity contribution in [3.8, 4) is 0 Å². The van der Waals surface area contributed by atoms with Gasteiger partial charge in [0.05, 0.1) is 0 Å². The topological polar surface area (TPSA) is 69.6 Å². The van der Waals surface area contributed by atoms with E-state index in [-0.39, 0.29) is 12.5 Å². The minimum absolute atomic E-state index is 0.0636. The number of carboxylic acid groups (broad SMARTS) is 1. The van der Waals surface area contributed by atoms with Gasteiger partial charge in [0.1, 0.15) is 0 Å². The van der Waals surface area contributed by atoms with Gasteiger partial charge in [-0.15, -0.1) is 0 Å². The first-order valence-corrected chi connectivity index (χ1v) is 7.42. The van der Waals surface area contributed by atoms with E-state index < -0.39 is 5.97 Å². The molecular weight excluding hydrogens is 268 g/mol. The lowest BCUT2D eigenvalue weighted by molar-refractivity contribution is -0.136. The van der Waals surface area contributed by atoms with Crippen LogP contribution in [-0.2, 0) is 11.2 Å². The first kappa shape index (κ1) is 15.4. The van der Waals surface area contributed by atoms with Crippen LogP contribution in [0.1, 0.15) is 31.7 Å². The molecule has 0 atom stereocenters. The number of anilines is 1. The summed E-state index contributed by atoms with van der Waals surface area (Å²) < 4.78 is 0. The number of rotatable bonds is 4. The molecule has 0 unspecified atom stereocenters. The molecule has 1 heterocycles. The van der Waals surface area contributed by atoms with E-state index in [0.717, 1.165) is 31.5 Å². The normalized spacial score (nSPS) is 15.8. The zero-order valence-electron chi connectivity index (χ0n) is 12.3. The van der Waals surface area contributed by atoms with E-state index in [2.05, 4.69) is 12.2 Å². The molecule has 1 aliphatic rings. The zero-order valence-corrected chi connectivity index (χ0v) is 12.3. The minimum Gasteiger partial charge on any atom is -0.481 e. The average molecular weight is 290 g/mol. The highest BCUT2D eigenvalue weighted by atomic mass is 16.4. The Morgan fingerprint density at radius 3 is 2.62 bits per heavy atom. The van der Waals surface area contributed by atoms with Crippen molar-refractivity contribution in [1.82, 2.24) is 4.90 Å². The smallest absolute Gasteiger partial charge is 0.321 e. The summed E-state index contributed by atoms with van der Waals surface area (Å²) in [6.07, 6.45) is 2.55. The summed E-state index contributed by atoms with van der Waals surface area (Å²) in [5.74, 6) is -0.155. The van der Waals surface area contributed by atoms with E-state index >= 15 is 0 Å². The van der Waals surface area contributed by atoms with Gasteiger partial charge in [0.15, 0.2) is 0 Å². The van der Waals surface area contributed by atoms with E-state index in [9.17, 15) is 9.59 Å². The van der Waals surface area contributed by atoms with Crippen molar-refractivity contribution in [3.63, 3.8) is 0 Å². The molecule has 2 rings (SSSR count). The van der Waals surface area contributed by atoms with Gasteiger partial charge < -0.3 is 15.3 Å². The second kappa shape index (κ2) is 7.11. The number of amides is 2. The predicted molar refractivity (Wildman–Crippen MR) is 81.4 cm³/mol. The number of carbonyl (C=O) groups is 2. The first-order valence-electron chi connectivity index (χ1n) is 7.42. The van der Waals surface area contributed by atoms with E-state index in [1.807, 2.05) is 29.2 Å². The standard InChI is InChI=1S/C16H22N2O3/c1-12-8-10-18(11-9-12)16(21)17-14-5-3-2-4-13(14)6-7-15(19)20/h2-5,12H,6-11H2,1H3,(H,17,21)(H,19,20). The fraction of sp³-hybridized carbons (Fsp3) is 0.500. The summed E-state index contributed by atoms with van der Waals surface area (Å²) in [5.41, 5.74) is 1.57. The third-order valence-electron chi connectivity index (χ3n) is 3.94. The maximum absolute atomic E-state index is 12.3. The number of likely N-dealkylation sites (tertiary alicyclic amines) is 1. The quantitative estimate of drug-likeness (QED) is 0.895. The number of aryl methyl sites for hydroxylation is 1. The van der Waals surface area contributed by atoms with Gasteiger partial charge in [-0.3, -0.25) is 4.79 Å². The van der Waals surface area contributed by atoms with Gasteiger partial charge in [0, 0.05) is 25.2 Å². The number of hydrogen-bond acceptors (Lipinski definition) is 2. The summed E-state index contributed by atoms with van der Waals surface area (Å²) in [5, 5.41) is 11.7. The third-order valence-corrected chi connectivity index (χ3v) is 3.94. The van der Waals surface area contributed by atoms with Crippen LogP contribution in [0.3, 0.4) is 0 Å². The lowest BCUT2D eigenvalue weighted by Gasteiger charge is -2.30. The van der Waals surface area contributed by atoms with E-state index in [1.54, 1.807) is 0 Å². The fourth-order valence-electron chi connectivity index (χ4n) is 2.51. The number of para-hydroxylation sites is 1. The lowest BCUT2D eigenvalue weighted by Crippen LogP contribution is -2.40. The van der Waals surface area contributed by atoms with Gasteiger partial charge in [-0.25, -0.2) is 4.79 Å². The Balaban J connectivity index is 1.98. The summed E-state index contributed by atoms with van der Waals surface area (Å²) in [4.78, 5) is 24.8. The number of aliphatic carboxylic acids is 1. The molecule has 2 N–H and O–H groups in total. The first-order chi connectivity index (χ1) is 10.1. The monoisotopic (exact) mass is 290 g/mol. The van der Waals surface area contributed by atoms with E-state index in [0.29, 0.717) is 18.0 Å². The Bertz CT molecular complexity index is 508. The molecule has 0 aliphatic carbocycles. The third kappa shape index (κ3) is 4.48. The minimum atomic E-state index is -0.832. The molecule has 1 fully saturated rings. The van der Waals surface area contributed by atoms with Gasteiger partial charge in [0.25, 0.3) is 0 Å². The molecular formula is C16H22N2O3. The van der Waals surface area contributed by atoms with Crippen molar-refractivity contribution < 1.29 is 14.7 Å². The van der Waals surface area contributed by atoms with Crippen molar-refractivity contribution in [2.24, 2.45) is 5.92 Å². The molecule has 0 aromatic heterocycles. The number of carbonyl (C=O) groups excluding carboxylic acids is 1. The second-order valence-corrected chi connectivity index (χ2v) is 5.65. The van der Waals surface area contributed by atoms with Gasteiger partial charge >= 0.3 is 12.0 Å². The van der Waals surface area contributed by atoms with Crippen LogP contribution in [0.2, 0.25) is 0 Å². The van der Waals surface area contributed by atoms with Crippen molar-refractivity contribution in [3.05, 3.63) is 29.8 Å². The molecule has 5 heteroatoms. The molecule has 0 bridgehead atoms. The molecule has 0 saturated carbocycles. The Morgan fingerprint density at radius 2 is 1.95 bits per heavy atom. The maximum Gasteiger partial charge on any atom is 0.321 e. The highest BCUT2D eigenvalue weighted by Crippen LogP contribution is 2.20. The number of benzene rings is 1. The van der Waals surface area contributed by atoms with Crippen molar-refractivity contribution in [2.75, 3.05) is 18.4 Å². The lowest BCUT2D eigenvalue weighted by atomic mass is 10.00. The van der Waals surface area contributed by atoms with Crippen LogP contribution in [-0.4, -0.2) is 35.1 Å². The summed E-state index contributed by atoms with van der Waals surface area (Å²) in [7, 11) is 0. The van der Waals surface area contributed by atoms with Crippen LogP contribution in [0.4, 0.5) is 10.5 Å². The Labute approximate surface area is 125 Å². The molecule has 2 amide bonds. The maximum atomic E-state index is 12.3. The van der Waals surface area contributed by atoms with Gasteiger partial charge in [0.2, 0.25) is 0 Å². The molecule has 1 aromatic rings. The number of hydrogen-bond donors (Lipinski definition) is 2. The van der Waals surface area contributed by atoms with Crippen LogP contribution in [0.5, 0.6) is 0 Å². The number of urea groups is 1. The molecule has 0 radical (unpaired) electrons. The van der Waals surface area contributed by atoms with Gasteiger partial charge in [-0.1, -0.05) is 25.1 Å². The largest absolute Gasteiger partial charge is 0.481 e. The van der Waals surface area contributed by atoms with Crippen LogP contribution in [0.15, 0.2) is 24.3 Å². The molecule has 1 aliphatic heterocycles. The highest BCUT2D eigenvalue weighted by molar-refractivity contribution is 5.90. The molecule has 5 nitrogen and oxygen atoms in total. The summed E-state index contributed by atoms with van der Waals surface area (Å²) in [6.45, 7) is 3.77. The van der Waals surface area contributed by atoms with Crippen LogP contribution in [0, 0.1) is 5.92 Å². The molecule has 1 aromatic carbocycles. The zero-order chi connectivity index (χ0) is 15.2. The van der Waals surface area contributed by atoms with Gasteiger partial charge in [-0.2, -0.15) is 0 Å². The fourth-order valence-corrected chi connectivity index (χ4v) is 2.51. The number of carboxylic acids is 1. The Morgan fingerprint density at radius 1 is 1.29 bits per heavy atom. The SMILES string of the molecule is CC1CCN(C(=O)Nc2ccccc2CCC(=O)O)CC1. The number of nitrogens with zero attached hydrogens (tertiary/aromatic N) is 1. The van der Waals surface area contributed by atoms with Crippen LogP contribution in [0.25, 0.3) is 0 Å². The van der Waals surface area contributed by atoms with Crippen LogP contribution >= 0.6 is 0 Å². The molecule has 114 valence electrons. The molecule has 0 spiro atoms. The number of nitrogens with one attached hydrogen (secondary N) is 1. The van der Waals surface area contributed by atoms with Crippen molar-refractivity contribution in [2.45, 2.75) is 32.6 Å². The molecule has 1 saturated heterocycles. The second-order valence-electron chi connectivity index (χ2n) is 5.65. The highest BCUT2D eigenvalue weighted by Gasteiger charge is 2.20. The average Bonchev–Trinajstić information content (AvgIpc) is 2.47. The summed E-state index contributed by atoms with van der Waals surface area (Å²) in [6, 6.07) is 7.29. The number of piperidine rings is 1. The van der Waals surface area contributed by atoms with Gasteiger partial charge in [-0.05, 0) is 36.8 Å². The Kier molecular flexibility index (Phi) is 5.20. The Hall–Kier alpha value is -2.04. The molecule has 21 heavy (non-hydrogen) atoms. The van der Waals surface area contributed by atoms with E-state index in [1.165, 1.54) is 0 Å². The summed E-state index contributed by atoms with van der Waals surface area (Å²) >= 11 is 0.